The molecule has 0 amide bonds. The van der Waals surface area contributed by atoms with E-state index in [1.165, 1.54) is 0 Å². The Morgan fingerprint density at radius 1 is 1.41 bits per heavy atom. The number of benzene rings is 1. The van der Waals surface area contributed by atoms with E-state index in [0.717, 1.165) is 15.7 Å². The zero-order valence-corrected chi connectivity index (χ0v) is 11.2. The molecule has 0 aliphatic carbocycles. The first kappa shape index (κ1) is 12.1. The van der Waals surface area contributed by atoms with Crippen molar-refractivity contribution in [1.82, 2.24) is 10.2 Å². The third-order valence-corrected chi connectivity index (χ3v) is 3.11. The van der Waals surface area contributed by atoms with E-state index in [4.69, 9.17) is 10.2 Å². The second-order valence-corrected chi connectivity index (χ2v) is 4.68. The Balaban J connectivity index is 2.16. The Labute approximate surface area is 108 Å². The number of rotatable bonds is 3. The van der Waals surface area contributed by atoms with Crippen LogP contribution in [0.5, 0.6) is 0 Å². The number of hydrogen-bond acceptors (Lipinski definition) is 5. The second kappa shape index (κ2) is 4.85. The van der Waals surface area contributed by atoms with Gasteiger partial charge in [-0.05, 0) is 31.5 Å². The Morgan fingerprint density at radius 2 is 2.18 bits per heavy atom. The van der Waals surface area contributed by atoms with Crippen molar-refractivity contribution < 1.29 is 4.42 Å². The van der Waals surface area contributed by atoms with E-state index in [-0.39, 0.29) is 6.04 Å². The van der Waals surface area contributed by atoms with Crippen molar-refractivity contribution in [2.45, 2.75) is 19.9 Å². The van der Waals surface area contributed by atoms with Crippen molar-refractivity contribution in [3.8, 4) is 0 Å². The van der Waals surface area contributed by atoms with Gasteiger partial charge in [0, 0.05) is 10.2 Å². The van der Waals surface area contributed by atoms with Crippen LogP contribution in [0.1, 0.15) is 24.4 Å². The lowest BCUT2D eigenvalue weighted by Crippen LogP contribution is -2.04. The first-order valence-corrected chi connectivity index (χ1v) is 5.97. The Hall–Kier alpha value is -1.40. The summed E-state index contributed by atoms with van der Waals surface area (Å²) in [5.74, 6) is 0.415. The Morgan fingerprint density at radius 3 is 2.76 bits per heavy atom. The maximum atomic E-state index is 5.63. The van der Waals surface area contributed by atoms with Gasteiger partial charge < -0.3 is 15.5 Å². The molecule has 2 aromatic rings. The lowest BCUT2D eigenvalue weighted by molar-refractivity contribution is 0.475. The van der Waals surface area contributed by atoms with Crippen LogP contribution in [0.25, 0.3) is 0 Å². The van der Waals surface area contributed by atoms with Crippen LogP contribution < -0.4 is 11.1 Å². The molecule has 0 bridgehead atoms. The number of halogens is 1. The van der Waals surface area contributed by atoms with Gasteiger partial charge in [0.05, 0.1) is 6.04 Å². The summed E-state index contributed by atoms with van der Waals surface area (Å²) in [6.45, 7) is 3.81. The zero-order chi connectivity index (χ0) is 12.4. The van der Waals surface area contributed by atoms with Gasteiger partial charge in [-0.25, -0.2) is 0 Å². The molecule has 1 unspecified atom stereocenters. The minimum Gasteiger partial charge on any atom is -0.406 e. The fourth-order valence-electron chi connectivity index (χ4n) is 1.26. The second-order valence-electron chi connectivity index (χ2n) is 3.82. The van der Waals surface area contributed by atoms with Crippen LogP contribution in [0, 0.1) is 6.92 Å². The number of aromatic nitrogens is 2. The summed E-state index contributed by atoms with van der Waals surface area (Å²) >= 11 is 3.46. The van der Waals surface area contributed by atoms with Gasteiger partial charge in [-0.15, -0.1) is 5.10 Å². The molecule has 1 atom stereocenters. The van der Waals surface area contributed by atoms with Crippen LogP contribution in [-0.2, 0) is 0 Å². The Bertz CT molecular complexity index is 524. The SMILES string of the molecule is Cc1ccc(Nc2nnc(C(C)N)o2)cc1Br. The van der Waals surface area contributed by atoms with Crippen molar-refractivity contribution in [1.29, 1.82) is 0 Å². The molecular formula is C11H13BrN4O. The smallest absolute Gasteiger partial charge is 0.320 e. The summed E-state index contributed by atoms with van der Waals surface area (Å²) < 4.78 is 6.37. The molecule has 1 aromatic carbocycles. The summed E-state index contributed by atoms with van der Waals surface area (Å²) in [5, 5.41) is 10.7. The number of aryl methyl sites for hydroxylation is 1. The van der Waals surface area contributed by atoms with E-state index in [1.54, 1.807) is 6.92 Å². The first-order chi connectivity index (χ1) is 8.06. The van der Waals surface area contributed by atoms with E-state index >= 15 is 0 Å². The van der Waals surface area contributed by atoms with E-state index in [0.29, 0.717) is 11.9 Å². The molecule has 0 saturated heterocycles. The number of nitrogens with one attached hydrogen (secondary N) is 1. The summed E-state index contributed by atoms with van der Waals surface area (Å²) in [6.07, 6.45) is 0. The van der Waals surface area contributed by atoms with Gasteiger partial charge in [0.15, 0.2) is 0 Å². The topological polar surface area (TPSA) is 77.0 Å². The molecule has 90 valence electrons. The van der Waals surface area contributed by atoms with Crippen molar-refractivity contribution in [3.63, 3.8) is 0 Å². The molecular weight excluding hydrogens is 284 g/mol. The van der Waals surface area contributed by atoms with Crippen LogP contribution >= 0.6 is 15.9 Å². The molecule has 5 nitrogen and oxygen atoms in total. The van der Waals surface area contributed by atoms with E-state index in [2.05, 4.69) is 31.4 Å². The van der Waals surface area contributed by atoms with Crippen molar-refractivity contribution in [2.75, 3.05) is 5.32 Å². The van der Waals surface area contributed by atoms with Crippen LogP contribution in [0.4, 0.5) is 11.7 Å². The third-order valence-electron chi connectivity index (χ3n) is 2.25. The van der Waals surface area contributed by atoms with Gasteiger partial charge >= 0.3 is 6.01 Å². The van der Waals surface area contributed by atoms with Gasteiger partial charge in [0.2, 0.25) is 5.89 Å². The van der Waals surface area contributed by atoms with Crippen LogP contribution in [0.2, 0.25) is 0 Å². The number of anilines is 2. The van der Waals surface area contributed by atoms with Crippen molar-refractivity contribution in [3.05, 3.63) is 34.1 Å². The highest BCUT2D eigenvalue weighted by Crippen LogP contribution is 2.23. The Kier molecular flexibility index (Phi) is 3.44. The van der Waals surface area contributed by atoms with E-state index in [9.17, 15) is 0 Å². The lowest BCUT2D eigenvalue weighted by Gasteiger charge is -2.03. The fraction of sp³-hybridized carbons (Fsp3) is 0.273. The maximum absolute atomic E-state index is 5.63. The number of hydrogen-bond donors (Lipinski definition) is 2. The highest BCUT2D eigenvalue weighted by molar-refractivity contribution is 9.10. The normalized spacial score (nSPS) is 12.5. The molecule has 0 fully saturated rings. The van der Waals surface area contributed by atoms with Gasteiger partial charge in [-0.2, -0.15) is 0 Å². The van der Waals surface area contributed by atoms with Crippen molar-refractivity contribution >= 4 is 27.6 Å². The molecule has 0 spiro atoms. The molecule has 17 heavy (non-hydrogen) atoms. The number of nitrogens with two attached hydrogens (primary N) is 1. The molecule has 1 aromatic heterocycles. The molecule has 0 aliphatic heterocycles. The largest absolute Gasteiger partial charge is 0.406 e. The molecule has 2 rings (SSSR count). The highest BCUT2D eigenvalue weighted by Gasteiger charge is 2.09. The van der Waals surface area contributed by atoms with Gasteiger partial charge in [0.25, 0.3) is 0 Å². The van der Waals surface area contributed by atoms with Crippen molar-refractivity contribution in [2.24, 2.45) is 5.73 Å². The molecule has 1 heterocycles. The maximum Gasteiger partial charge on any atom is 0.320 e. The third kappa shape index (κ3) is 2.83. The van der Waals surface area contributed by atoms with Gasteiger partial charge in [-0.1, -0.05) is 27.1 Å². The monoisotopic (exact) mass is 296 g/mol. The van der Waals surface area contributed by atoms with Crippen LogP contribution in [0.15, 0.2) is 27.1 Å². The minimum atomic E-state index is -0.261. The molecule has 0 aliphatic rings. The summed E-state index contributed by atoms with van der Waals surface area (Å²) in [5.41, 5.74) is 7.67. The summed E-state index contributed by atoms with van der Waals surface area (Å²) in [6, 6.07) is 5.96. The fourth-order valence-corrected chi connectivity index (χ4v) is 1.64. The highest BCUT2D eigenvalue weighted by atomic mass is 79.9. The molecule has 6 heteroatoms. The number of nitrogens with zero attached hydrogens (tertiary/aromatic N) is 2. The van der Waals surface area contributed by atoms with E-state index in [1.807, 2.05) is 25.1 Å². The quantitative estimate of drug-likeness (QED) is 0.911. The first-order valence-electron chi connectivity index (χ1n) is 5.18. The van der Waals surface area contributed by atoms with Crippen LogP contribution in [-0.4, -0.2) is 10.2 Å². The van der Waals surface area contributed by atoms with Gasteiger partial charge in [-0.3, -0.25) is 0 Å². The van der Waals surface area contributed by atoms with E-state index < -0.39 is 0 Å². The average Bonchev–Trinajstić information content (AvgIpc) is 2.72. The average molecular weight is 297 g/mol. The molecule has 0 radical (unpaired) electrons. The zero-order valence-electron chi connectivity index (χ0n) is 9.57. The van der Waals surface area contributed by atoms with Crippen LogP contribution in [0.3, 0.4) is 0 Å². The molecule has 0 saturated carbocycles. The van der Waals surface area contributed by atoms with Gasteiger partial charge in [0.1, 0.15) is 0 Å². The summed E-state index contributed by atoms with van der Waals surface area (Å²) in [4.78, 5) is 0. The minimum absolute atomic E-state index is 0.261. The lowest BCUT2D eigenvalue weighted by atomic mass is 10.2. The standard InChI is InChI=1S/C11H13BrN4O/c1-6-3-4-8(5-9(6)12)14-11-16-15-10(17-11)7(2)13/h3-5,7H,13H2,1-2H3,(H,14,16). The predicted octanol–water partition coefficient (Wildman–Crippen LogP) is 2.90. The predicted molar refractivity (Wildman–Crippen MR) is 69.1 cm³/mol. The summed E-state index contributed by atoms with van der Waals surface area (Å²) in [7, 11) is 0. The molecule has 3 N–H and O–H groups in total.